The summed E-state index contributed by atoms with van der Waals surface area (Å²) in [6, 6.07) is 5.71. The van der Waals surface area contributed by atoms with Gasteiger partial charge in [0.15, 0.2) is 5.82 Å². The van der Waals surface area contributed by atoms with Crippen molar-refractivity contribution in [2.45, 2.75) is 38.1 Å². The van der Waals surface area contributed by atoms with Crippen molar-refractivity contribution in [3.63, 3.8) is 0 Å². The third-order valence-electron chi connectivity index (χ3n) is 4.20. The molecular weight excluding hydrogens is 398 g/mol. The third-order valence-corrected chi connectivity index (χ3v) is 4.20. The summed E-state index contributed by atoms with van der Waals surface area (Å²) < 4.78 is 67.4. The lowest BCUT2D eigenvalue weighted by molar-refractivity contribution is -0.166. The van der Waals surface area contributed by atoms with Gasteiger partial charge in [0.25, 0.3) is 5.88 Å². The Morgan fingerprint density at radius 2 is 1.79 bits per heavy atom. The predicted molar refractivity (Wildman–Crippen MR) is 93.5 cm³/mol. The van der Waals surface area contributed by atoms with Crippen LogP contribution in [0.15, 0.2) is 36.5 Å². The molecule has 0 fully saturated rings. The van der Waals surface area contributed by atoms with E-state index < -0.39 is 41.1 Å². The molecule has 2 atom stereocenters. The van der Waals surface area contributed by atoms with Crippen molar-refractivity contribution in [1.82, 2.24) is 4.98 Å². The molecule has 0 amide bonds. The van der Waals surface area contributed by atoms with E-state index in [0.717, 1.165) is 0 Å². The molecule has 0 radical (unpaired) electrons. The number of carboxylic acids is 1. The number of carbonyl (C=O) groups is 1. The lowest BCUT2D eigenvalue weighted by Crippen LogP contribution is -2.52. The zero-order chi connectivity index (χ0) is 21.8. The van der Waals surface area contributed by atoms with Crippen LogP contribution in [0.2, 0.25) is 0 Å². The number of nitrogens with zero attached hydrogens (tertiary/aromatic N) is 1. The van der Waals surface area contributed by atoms with Crippen molar-refractivity contribution in [2.75, 3.05) is 7.11 Å². The molecule has 0 aliphatic carbocycles. The van der Waals surface area contributed by atoms with Crippen LogP contribution in [0.4, 0.5) is 17.6 Å². The first kappa shape index (κ1) is 22.4. The summed E-state index contributed by atoms with van der Waals surface area (Å²) in [4.78, 5) is 15.0. The quantitative estimate of drug-likeness (QED) is 0.629. The Kier molecular flexibility index (Phi) is 6.68. The highest BCUT2D eigenvalue weighted by Gasteiger charge is 2.43. The molecular formula is C19H19F4NO5. The molecule has 2 unspecified atom stereocenters. The zero-order valence-corrected chi connectivity index (χ0v) is 15.8. The number of benzene rings is 1. The minimum atomic E-state index is -4.72. The normalized spacial score (nSPS) is 14.7. The van der Waals surface area contributed by atoms with Gasteiger partial charge in [0.2, 0.25) is 5.60 Å². The number of halogens is 4. The lowest BCUT2D eigenvalue weighted by atomic mass is 9.96. The summed E-state index contributed by atoms with van der Waals surface area (Å²) in [6.07, 6.45) is -4.59. The zero-order valence-electron chi connectivity index (χ0n) is 15.8. The molecule has 6 nitrogen and oxygen atoms in total. The molecule has 2 rings (SSSR count). The summed E-state index contributed by atoms with van der Waals surface area (Å²) in [7, 11) is 1.38. The minimum Gasteiger partial charge on any atom is -0.478 e. The first-order valence-electron chi connectivity index (χ1n) is 8.47. The van der Waals surface area contributed by atoms with Crippen LogP contribution in [0.25, 0.3) is 0 Å². The Balaban J connectivity index is 2.17. The molecule has 0 spiro atoms. The van der Waals surface area contributed by atoms with Crippen LogP contribution in [0.3, 0.4) is 0 Å². The predicted octanol–water partition coefficient (Wildman–Crippen LogP) is 4.68. The summed E-state index contributed by atoms with van der Waals surface area (Å²) in [5.41, 5.74) is -2.89. The fourth-order valence-electron chi connectivity index (χ4n) is 2.62. The van der Waals surface area contributed by atoms with Crippen LogP contribution in [-0.2, 0) is 15.7 Å². The maximum Gasteiger partial charge on any atom is 0.417 e. The highest BCUT2D eigenvalue weighted by Crippen LogP contribution is 2.32. The van der Waals surface area contributed by atoms with Gasteiger partial charge in [0, 0.05) is 13.3 Å². The van der Waals surface area contributed by atoms with Crippen molar-refractivity contribution in [1.29, 1.82) is 0 Å². The molecule has 1 aromatic heterocycles. The van der Waals surface area contributed by atoms with Crippen molar-refractivity contribution >= 4 is 5.97 Å². The first-order chi connectivity index (χ1) is 13.5. The molecule has 0 saturated carbocycles. The highest BCUT2D eigenvalue weighted by atomic mass is 19.4. The molecule has 0 saturated heterocycles. The number of hydrogen-bond donors (Lipinski definition) is 1. The second-order valence-electron chi connectivity index (χ2n) is 6.23. The second-order valence-corrected chi connectivity index (χ2v) is 6.23. The van der Waals surface area contributed by atoms with Crippen molar-refractivity contribution in [3.8, 4) is 17.4 Å². The first-order valence-corrected chi connectivity index (χ1v) is 8.47. The lowest BCUT2D eigenvalue weighted by Gasteiger charge is -2.32. The molecule has 0 aliphatic rings. The number of pyridine rings is 1. The van der Waals surface area contributed by atoms with Crippen molar-refractivity contribution < 1.29 is 41.7 Å². The van der Waals surface area contributed by atoms with E-state index in [2.05, 4.69) is 4.98 Å². The van der Waals surface area contributed by atoms with Crippen LogP contribution < -0.4 is 9.47 Å². The topological polar surface area (TPSA) is 77.9 Å². The SMILES string of the molecule is CCC(OC)C(C)(Oc1ccc(Oc2ncc(C(F)(F)F)cc2F)cc1)C(=O)O. The molecule has 10 heteroatoms. The minimum absolute atomic E-state index is 0.0688. The molecule has 1 N–H and O–H groups in total. The fraction of sp³-hybridized carbons (Fsp3) is 0.368. The number of rotatable bonds is 8. The number of hydrogen-bond acceptors (Lipinski definition) is 5. The Morgan fingerprint density at radius 3 is 2.24 bits per heavy atom. The third kappa shape index (κ3) is 5.14. The van der Waals surface area contributed by atoms with Crippen LogP contribution in [0.1, 0.15) is 25.8 Å². The van der Waals surface area contributed by atoms with Gasteiger partial charge in [-0.25, -0.2) is 14.2 Å². The maximum absolute atomic E-state index is 13.8. The van der Waals surface area contributed by atoms with Gasteiger partial charge in [-0.1, -0.05) is 6.92 Å². The molecule has 1 aromatic carbocycles. The van der Waals surface area contributed by atoms with Gasteiger partial charge in [-0.3, -0.25) is 0 Å². The van der Waals surface area contributed by atoms with Gasteiger partial charge in [0.05, 0.1) is 5.56 Å². The number of aromatic nitrogens is 1. The monoisotopic (exact) mass is 417 g/mol. The number of alkyl halides is 3. The van der Waals surface area contributed by atoms with Crippen LogP contribution in [-0.4, -0.2) is 34.9 Å². The van der Waals surface area contributed by atoms with Gasteiger partial charge >= 0.3 is 12.1 Å². The van der Waals surface area contributed by atoms with Gasteiger partial charge in [0.1, 0.15) is 17.6 Å². The Morgan fingerprint density at radius 1 is 1.21 bits per heavy atom. The van der Waals surface area contributed by atoms with Crippen LogP contribution in [0.5, 0.6) is 17.4 Å². The van der Waals surface area contributed by atoms with E-state index in [4.69, 9.17) is 14.2 Å². The largest absolute Gasteiger partial charge is 0.478 e. The summed E-state index contributed by atoms with van der Waals surface area (Å²) in [5, 5.41) is 9.53. The Hall–Kier alpha value is -2.88. The van der Waals surface area contributed by atoms with E-state index in [-0.39, 0.29) is 17.6 Å². The standard InChI is InChI=1S/C19H19F4NO5/c1-4-15(27-3)18(2,17(25)26)29-13-7-5-12(6-8-13)28-16-14(20)9-11(10-24-16)19(21,22)23/h5-10,15H,4H2,1-3H3,(H,25,26). The molecule has 0 bridgehead atoms. The molecule has 0 aliphatic heterocycles. The average Bonchev–Trinajstić information content (AvgIpc) is 2.65. The van der Waals surface area contributed by atoms with E-state index in [1.165, 1.54) is 38.3 Å². The molecule has 29 heavy (non-hydrogen) atoms. The van der Waals surface area contributed by atoms with Crippen LogP contribution in [0, 0.1) is 5.82 Å². The number of carboxylic acid groups (broad SMARTS) is 1. The van der Waals surface area contributed by atoms with Gasteiger partial charge in [-0.2, -0.15) is 13.2 Å². The summed E-state index contributed by atoms with van der Waals surface area (Å²) in [6.45, 7) is 3.13. The Labute approximate surface area is 164 Å². The number of aliphatic carboxylic acids is 1. The van der Waals surface area contributed by atoms with Crippen molar-refractivity contribution in [2.24, 2.45) is 0 Å². The number of ether oxygens (including phenoxy) is 3. The maximum atomic E-state index is 13.8. The summed E-state index contributed by atoms with van der Waals surface area (Å²) >= 11 is 0. The van der Waals surface area contributed by atoms with E-state index in [1.54, 1.807) is 6.92 Å². The Bertz CT molecular complexity index is 853. The molecule has 1 heterocycles. The smallest absolute Gasteiger partial charge is 0.417 e. The number of methoxy groups -OCH3 is 1. The fourth-order valence-corrected chi connectivity index (χ4v) is 2.62. The van der Waals surface area contributed by atoms with E-state index >= 15 is 0 Å². The van der Waals surface area contributed by atoms with E-state index in [0.29, 0.717) is 12.6 Å². The van der Waals surface area contributed by atoms with Gasteiger partial charge in [-0.05, 0) is 43.7 Å². The average molecular weight is 417 g/mol. The second kappa shape index (κ2) is 8.64. The van der Waals surface area contributed by atoms with Gasteiger partial charge < -0.3 is 19.3 Å². The highest BCUT2D eigenvalue weighted by molar-refractivity contribution is 5.78. The molecule has 2 aromatic rings. The van der Waals surface area contributed by atoms with Gasteiger partial charge in [-0.15, -0.1) is 0 Å². The van der Waals surface area contributed by atoms with E-state index in [9.17, 15) is 27.5 Å². The van der Waals surface area contributed by atoms with Crippen molar-refractivity contribution in [3.05, 3.63) is 47.9 Å². The molecule has 158 valence electrons. The van der Waals surface area contributed by atoms with Crippen LogP contribution >= 0.6 is 0 Å². The van der Waals surface area contributed by atoms with E-state index in [1.807, 2.05) is 0 Å². The summed E-state index contributed by atoms with van der Waals surface area (Å²) in [5.74, 6) is -2.88.